The van der Waals surface area contributed by atoms with Gasteiger partial charge in [0.2, 0.25) is 0 Å². The molecule has 0 bridgehead atoms. The second kappa shape index (κ2) is 7.82. The molecule has 0 aromatic carbocycles. The van der Waals surface area contributed by atoms with Crippen molar-refractivity contribution in [3.8, 4) is 0 Å². The first-order chi connectivity index (χ1) is 9.54. The van der Waals surface area contributed by atoms with Crippen LogP contribution in [0.15, 0.2) is 12.3 Å². The minimum absolute atomic E-state index is 0.120. The van der Waals surface area contributed by atoms with Crippen LogP contribution in [-0.4, -0.2) is 34.9 Å². The van der Waals surface area contributed by atoms with Crippen molar-refractivity contribution in [1.29, 1.82) is 0 Å². The summed E-state index contributed by atoms with van der Waals surface area (Å²) in [5, 5.41) is 3.08. The molecule has 1 atom stereocenters. The van der Waals surface area contributed by atoms with Crippen molar-refractivity contribution in [3.05, 3.63) is 23.6 Å². The van der Waals surface area contributed by atoms with Crippen molar-refractivity contribution in [3.63, 3.8) is 0 Å². The van der Waals surface area contributed by atoms with Crippen molar-refractivity contribution in [2.24, 2.45) is 0 Å². The molecule has 0 spiro atoms. The van der Waals surface area contributed by atoms with E-state index in [0.29, 0.717) is 24.5 Å². The van der Waals surface area contributed by atoms with Gasteiger partial charge < -0.3 is 10.2 Å². The highest BCUT2D eigenvalue weighted by Crippen LogP contribution is 2.18. The predicted octanol–water partition coefficient (Wildman–Crippen LogP) is 3.30. The number of aromatic nitrogens is 1. The first kappa shape index (κ1) is 16.4. The van der Waals surface area contributed by atoms with Crippen LogP contribution in [0, 0.1) is 5.82 Å². The second-order valence-electron chi connectivity index (χ2n) is 4.82. The molecule has 0 saturated heterocycles. The number of carbonyl (C=O) groups excluding carboxylic acids is 1. The number of rotatable bonds is 7. The van der Waals surface area contributed by atoms with Crippen LogP contribution in [0.1, 0.15) is 50.9 Å². The summed E-state index contributed by atoms with van der Waals surface area (Å²) in [6.45, 7) is 9.27. The third-order valence-corrected chi connectivity index (χ3v) is 3.35. The average Bonchev–Trinajstić information content (AvgIpc) is 2.46. The quantitative estimate of drug-likeness (QED) is 0.834. The number of pyridine rings is 1. The summed E-state index contributed by atoms with van der Waals surface area (Å²) >= 11 is 0. The van der Waals surface area contributed by atoms with Crippen LogP contribution in [-0.2, 0) is 0 Å². The summed E-state index contributed by atoms with van der Waals surface area (Å²) in [4.78, 5) is 18.3. The first-order valence-corrected chi connectivity index (χ1v) is 7.25. The van der Waals surface area contributed by atoms with Gasteiger partial charge in [-0.1, -0.05) is 13.8 Å². The Morgan fingerprint density at radius 2 is 2.15 bits per heavy atom. The third kappa shape index (κ3) is 3.92. The van der Waals surface area contributed by atoms with Gasteiger partial charge >= 0.3 is 0 Å². The van der Waals surface area contributed by atoms with Gasteiger partial charge in [0.25, 0.3) is 5.91 Å². The largest absolute Gasteiger partial charge is 0.369 e. The molecule has 1 amide bonds. The van der Waals surface area contributed by atoms with Crippen molar-refractivity contribution >= 4 is 11.7 Å². The molecule has 1 heterocycles. The van der Waals surface area contributed by atoms with Crippen molar-refractivity contribution < 1.29 is 9.18 Å². The van der Waals surface area contributed by atoms with Crippen LogP contribution >= 0.6 is 0 Å². The monoisotopic (exact) mass is 281 g/mol. The van der Waals surface area contributed by atoms with E-state index in [4.69, 9.17) is 0 Å². The highest BCUT2D eigenvalue weighted by atomic mass is 19.1. The zero-order chi connectivity index (χ0) is 15.1. The number of nitrogens with zero attached hydrogens (tertiary/aromatic N) is 2. The lowest BCUT2D eigenvalue weighted by Crippen LogP contribution is -2.38. The molecule has 0 aliphatic rings. The molecule has 0 saturated carbocycles. The summed E-state index contributed by atoms with van der Waals surface area (Å²) < 4.78 is 13.4. The van der Waals surface area contributed by atoms with Crippen molar-refractivity contribution in [1.82, 2.24) is 9.88 Å². The lowest BCUT2D eigenvalue weighted by Gasteiger charge is -2.28. The number of nitrogens with one attached hydrogen (secondary N) is 1. The van der Waals surface area contributed by atoms with E-state index < -0.39 is 5.82 Å². The van der Waals surface area contributed by atoms with Gasteiger partial charge in [0, 0.05) is 19.1 Å². The van der Waals surface area contributed by atoms with Gasteiger partial charge in [-0.15, -0.1) is 0 Å². The fourth-order valence-corrected chi connectivity index (χ4v) is 2.02. The topological polar surface area (TPSA) is 45.2 Å². The Balaban J connectivity index is 3.08. The molecular formula is C15H24FN3O. The van der Waals surface area contributed by atoms with Gasteiger partial charge in [-0.2, -0.15) is 0 Å². The van der Waals surface area contributed by atoms with E-state index in [0.717, 1.165) is 19.0 Å². The Labute approximate surface area is 120 Å². The van der Waals surface area contributed by atoms with E-state index in [1.165, 1.54) is 6.07 Å². The van der Waals surface area contributed by atoms with Crippen LogP contribution in [0.5, 0.6) is 0 Å². The molecule has 5 heteroatoms. The minimum atomic E-state index is -0.490. The van der Waals surface area contributed by atoms with Gasteiger partial charge in [0.15, 0.2) is 0 Å². The molecule has 1 aromatic heterocycles. The lowest BCUT2D eigenvalue weighted by molar-refractivity contribution is 0.0700. The molecule has 1 rings (SSSR count). The van der Waals surface area contributed by atoms with E-state index in [1.807, 2.05) is 27.7 Å². The SMILES string of the molecule is CCCNc1ncc(F)cc1C(=O)N(CC)C(C)CC. The van der Waals surface area contributed by atoms with Crippen LogP contribution in [0.2, 0.25) is 0 Å². The standard InChI is InChI=1S/C15H24FN3O/c1-5-8-17-14-13(9-12(16)10-18-14)15(20)19(7-3)11(4)6-2/h9-11H,5-8H2,1-4H3,(H,17,18). The number of amides is 1. The van der Waals surface area contributed by atoms with Gasteiger partial charge in [0.1, 0.15) is 11.6 Å². The number of carbonyl (C=O) groups is 1. The smallest absolute Gasteiger partial charge is 0.257 e. The molecule has 0 aliphatic carbocycles. The van der Waals surface area contributed by atoms with Crippen molar-refractivity contribution in [2.75, 3.05) is 18.4 Å². The summed E-state index contributed by atoms with van der Waals surface area (Å²) in [6.07, 6.45) is 2.91. The van der Waals surface area contributed by atoms with Gasteiger partial charge in [-0.3, -0.25) is 4.79 Å². The summed E-state index contributed by atoms with van der Waals surface area (Å²) in [7, 11) is 0. The van der Waals surface area contributed by atoms with Crippen molar-refractivity contribution in [2.45, 2.75) is 46.6 Å². The molecule has 1 unspecified atom stereocenters. The molecular weight excluding hydrogens is 257 g/mol. The van der Waals surface area contributed by atoms with Gasteiger partial charge in [-0.05, 0) is 32.8 Å². The van der Waals surface area contributed by atoms with Gasteiger partial charge in [-0.25, -0.2) is 9.37 Å². The maximum atomic E-state index is 13.4. The fourth-order valence-electron chi connectivity index (χ4n) is 2.02. The zero-order valence-electron chi connectivity index (χ0n) is 12.7. The fraction of sp³-hybridized carbons (Fsp3) is 0.600. The number of anilines is 1. The van der Waals surface area contributed by atoms with Gasteiger partial charge in [0.05, 0.1) is 11.8 Å². The number of hydrogen-bond acceptors (Lipinski definition) is 3. The lowest BCUT2D eigenvalue weighted by atomic mass is 10.1. The highest BCUT2D eigenvalue weighted by Gasteiger charge is 2.22. The summed E-state index contributed by atoms with van der Waals surface area (Å²) in [5.74, 6) is -0.206. The molecule has 1 aromatic rings. The number of halogens is 1. The zero-order valence-corrected chi connectivity index (χ0v) is 12.7. The van der Waals surface area contributed by atoms with E-state index in [9.17, 15) is 9.18 Å². The van der Waals surface area contributed by atoms with Crippen LogP contribution in [0.25, 0.3) is 0 Å². The summed E-state index contributed by atoms with van der Waals surface area (Å²) in [6, 6.07) is 1.38. The highest BCUT2D eigenvalue weighted by molar-refractivity contribution is 5.98. The maximum Gasteiger partial charge on any atom is 0.257 e. The normalized spacial score (nSPS) is 12.1. The van der Waals surface area contributed by atoms with E-state index in [1.54, 1.807) is 4.90 Å². The Kier molecular flexibility index (Phi) is 6.42. The van der Waals surface area contributed by atoms with E-state index in [-0.39, 0.29) is 11.9 Å². The van der Waals surface area contributed by atoms with E-state index in [2.05, 4.69) is 10.3 Å². The molecule has 112 valence electrons. The van der Waals surface area contributed by atoms with Crippen LogP contribution in [0.3, 0.4) is 0 Å². The van der Waals surface area contributed by atoms with E-state index >= 15 is 0 Å². The summed E-state index contributed by atoms with van der Waals surface area (Å²) in [5.41, 5.74) is 0.306. The Hall–Kier alpha value is -1.65. The molecule has 1 N–H and O–H groups in total. The Morgan fingerprint density at radius 1 is 1.45 bits per heavy atom. The number of hydrogen-bond donors (Lipinski definition) is 1. The predicted molar refractivity (Wildman–Crippen MR) is 79.4 cm³/mol. The minimum Gasteiger partial charge on any atom is -0.369 e. The Morgan fingerprint density at radius 3 is 2.70 bits per heavy atom. The maximum absolute atomic E-state index is 13.4. The molecule has 4 nitrogen and oxygen atoms in total. The first-order valence-electron chi connectivity index (χ1n) is 7.25. The molecule has 20 heavy (non-hydrogen) atoms. The molecule has 0 fully saturated rings. The van der Waals surface area contributed by atoms with Crippen LogP contribution < -0.4 is 5.32 Å². The second-order valence-corrected chi connectivity index (χ2v) is 4.82. The molecule has 0 radical (unpaired) electrons. The average molecular weight is 281 g/mol. The third-order valence-electron chi connectivity index (χ3n) is 3.35. The molecule has 0 aliphatic heterocycles. The van der Waals surface area contributed by atoms with Crippen LogP contribution in [0.4, 0.5) is 10.2 Å². The Bertz CT molecular complexity index is 451.